The fourth-order valence-corrected chi connectivity index (χ4v) is 1.62. The number of hydrogen-bond donors (Lipinski definition) is 2. The van der Waals surface area contributed by atoms with E-state index in [-0.39, 0.29) is 31.0 Å². The summed E-state index contributed by atoms with van der Waals surface area (Å²) in [7, 11) is 0. The van der Waals surface area contributed by atoms with E-state index in [0.29, 0.717) is 5.56 Å². The Morgan fingerprint density at radius 2 is 2.00 bits per heavy atom. The minimum atomic E-state index is -0.926. The van der Waals surface area contributed by atoms with Gasteiger partial charge in [-0.15, -0.1) is 0 Å². The SMILES string of the molecule is C[C@@H](NC(=O)CCCC(=O)O)c1ccccc1F. The van der Waals surface area contributed by atoms with Crippen molar-refractivity contribution in [1.82, 2.24) is 5.32 Å². The molecule has 0 fully saturated rings. The topological polar surface area (TPSA) is 66.4 Å². The highest BCUT2D eigenvalue weighted by Crippen LogP contribution is 2.16. The van der Waals surface area contributed by atoms with Crippen LogP contribution in [0.1, 0.15) is 37.8 Å². The molecule has 0 saturated heterocycles. The van der Waals surface area contributed by atoms with Gasteiger partial charge in [-0.3, -0.25) is 9.59 Å². The number of halogens is 1. The molecule has 0 heterocycles. The third-order valence-corrected chi connectivity index (χ3v) is 2.54. The Morgan fingerprint density at radius 3 is 2.61 bits per heavy atom. The molecule has 98 valence electrons. The number of carboxylic acids is 1. The maximum Gasteiger partial charge on any atom is 0.303 e. The standard InChI is InChI=1S/C13H16FNO3/c1-9(10-5-2-3-6-11(10)14)15-12(16)7-4-8-13(17)18/h2-3,5-6,9H,4,7-8H2,1H3,(H,15,16)(H,17,18)/t9-/m1/s1. The predicted molar refractivity (Wildman–Crippen MR) is 64.4 cm³/mol. The molecule has 5 heteroatoms. The first-order valence-corrected chi connectivity index (χ1v) is 5.76. The summed E-state index contributed by atoms with van der Waals surface area (Å²) in [5.41, 5.74) is 0.420. The molecule has 0 aromatic heterocycles. The minimum absolute atomic E-state index is 0.0402. The number of rotatable bonds is 6. The van der Waals surface area contributed by atoms with Gasteiger partial charge in [0.05, 0.1) is 6.04 Å². The molecule has 2 N–H and O–H groups in total. The molecule has 1 aromatic rings. The summed E-state index contributed by atoms with van der Waals surface area (Å²) < 4.78 is 13.4. The molecular weight excluding hydrogens is 237 g/mol. The lowest BCUT2D eigenvalue weighted by Crippen LogP contribution is -2.27. The van der Waals surface area contributed by atoms with Gasteiger partial charge in [0.2, 0.25) is 5.91 Å². The van der Waals surface area contributed by atoms with Crippen molar-refractivity contribution < 1.29 is 19.1 Å². The van der Waals surface area contributed by atoms with Crippen molar-refractivity contribution >= 4 is 11.9 Å². The first kappa shape index (κ1) is 14.2. The van der Waals surface area contributed by atoms with Crippen LogP contribution in [0.4, 0.5) is 4.39 Å². The zero-order chi connectivity index (χ0) is 13.5. The molecule has 0 bridgehead atoms. The van der Waals surface area contributed by atoms with Gasteiger partial charge in [-0.05, 0) is 19.4 Å². The van der Waals surface area contributed by atoms with E-state index in [2.05, 4.69) is 5.32 Å². The summed E-state index contributed by atoms with van der Waals surface area (Å²) in [5, 5.41) is 11.1. The Morgan fingerprint density at radius 1 is 1.33 bits per heavy atom. The summed E-state index contributed by atoms with van der Waals surface area (Å²) in [6.07, 6.45) is 0.373. The second-order valence-electron chi connectivity index (χ2n) is 4.06. The quantitative estimate of drug-likeness (QED) is 0.817. The van der Waals surface area contributed by atoms with E-state index in [1.165, 1.54) is 6.07 Å². The van der Waals surface area contributed by atoms with Gasteiger partial charge < -0.3 is 10.4 Å². The minimum Gasteiger partial charge on any atom is -0.481 e. The highest BCUT2D eigenvalue weighted by molar-refractivity contribution is 5.77. The van der Waals surface area contributed by atoms with E-state index < -0.39 is 12.0 Å². The molecule has 1 aromatic carbocycles. The zero-order valence-electron chi connectivity index (χ0n) is 10.1. The monoisotopic (exact) mass is 253 g/mol. The van der Waals surface area contributed by atoms with Gasteiger partial charge in [0.25, 0.3) is 0 Å². The smallest absolute Gasteiger partial charge is 0.303 e. The Labute approximate surface area is 105 Å². The molecule has 1 rings (SSSR count). The fourth-order valence-electron chi connectivity index (χ4n) is 1.62. The van der Waals surface area contributed by atoms with Crippen LogP contribution in [0.3, 0.4) is 0 Å². The molecule has 1 atom stereocenters. The lowest BCUT2D eigenvalue weighted by atomic mass is 10.1. The van der Waals surface area contributed by atoms with E-state index >= 15 is 0 Å². The number of carboxylic acid groups (broad SMARTS) is 1. The van der Waals surface area contributed by atoms with Crippen molar-refractivity contribution in [1.29, 1.82) is 0 Å². The van der Waals surface area contributed by atoms with Crippen molar-refractivity contribution in [3.63, 3.8) is 0 Å². The van der Waals surface area contributed by atoms with Crippen LogP contribution in [-0.4, -0.2) is 17.0 Å². The summed E-state index contributed by atoms with van der Waals surface area (Å²) in [5.74, 6) is -1.56. The number of hydrogen-bond acceptors (Lipinski definition) is 2. The molecule has 0 spiro atoms. The lowest BCUT2D eigenvalue weighted by Gasteiger charge is -2.14. The highest BCUT2D eigenvalue weighted by Gasteiger charge is 2.13. The van der Waals surface area contributed by atoms with Crippen LogP contribution in [0.25, 0.3) is 0 Å². The largest absolute Gasteiger partial charge is 0.481 e. The maximum atomic E-state index is 13.4. The second-order valence-corrected chi connectivity index (χ2v) is 4.06. The van der Waals surface area contributed by atoms with Gasteiger partial charge in [-0.2, -0.15) is 0 Å². The second kappa shape index (κ2) is 6.74. The summed E-state index contributed by atoms with van der Waals surface area (Å²) in [4.78, 5) is 21.8. The maximum absolute atomic E-state index is 13.4. The van der Waals surface area contributed by atoms with Gasteiger partial charge in [-0.25, -0.2) is 4.39 Å². The average molecular weight is 253 g/mol. The Bertz CT molecular complexity index is 434. The van der Waals surface area contributed by atoms with Gasteiger partial charge in [0, 0.05) is 18.4 Å². The molecule has 0 aliphatic carbocycles. The Kier molecular flexibility index (Phi) is 5.30. The zero-order valence-corrected chi connectivity index (χ0v) is 10.1. The Hall–Kier alpha value is -1.91. The summed E-state index contributed by atoms with van der Waals surface area (Å²) >= 11 is 0. The normalized spacial score (nSPS) is 11.9. The molecule has 0 unspecified atom stereocenters. The highest BCUT2D eigenvalue weighted by atomic mass is 19.1. The predicted octanol–water partition coefficient (Wildman–Crippen LogP) is 2.26. The third-order valence-electron chi connectivity index (χ3n) is 2.54. The van der Waals surface area contributed by atoms with Crippen molar-refractivity contribution in [2.45, 2.75) is 32.2 Å². The van der Waals surface area contributed by atoms with Crippen molar-refractivity contribution in [2.75, 3.05) is 0 Å². The van der Waals surface area contributed by atoms with E-state index in [1.807, 2.05) is 0 Å². The fraction of sp³-hybridized carbons (Fsp3) is 0.385. The van der Waals surface area contributed by atoms with Crippen molar-refractivity contribution in [2.24, 2.45) is 0 Å². The van der Waals surface area contributed by atoms with Crippen LogP contribution in [-0.2, 0) is 9.59 Å². The van der Waals surface area contributed by atoms with Crippen LogP contribution in [0.5, 0.6) is 0 Å². The van der Waals surface area contributed by atoms with E-state index in [1.54, 1.807) is 25.1 Å². The van der Waals surface area contributed by atoms with Crippen molar-refractivity contribution in [3.05, 3.63) is 35.6 Å². The van der Waals surface area contributed by atoms with E-state index in [0.717, 1.165) is 0 Å². The number of amides is 1. The third kappa shape index (κ3) is 4.53. The molecule has 0 aliphatic rings. The van der Waals surface area contributed by atoms with Gasteiger partial charge in [-0.1, -0.05) is 18.2 Å². The first-order valence-electron chi connectivity index (χ1n) is 5.76. The molecular formula is C13H16FNO3. The molecule has 18 heavy (non-hydrogen) atoms. The van der Waals surface area contributed by atoms with Gasteiger partial charge in [0.1, 0.15) is 5.82 Å². The van der Waals surface area contributed by atoms with Crippen LogP contribution in [0.2, 0.25) is 0 Å². The van der Waals surface area contributed by atoms with E-state index in [4.69, 9.17) is 5.11 Å². The number of aliphatic carboxylic acids is 1. The molecule has 0 saturated carbocycles. The van der Waals surface area contributed by atoms with Crippen LogP contribution in [0, 0.1) is 5.82 Å². The molecule has 4 nitrogen and oxygen atoms in total. The molecule has 0 radical (unpaired) electrons. The van der Waals surface area contributed by atoms with Crippen LogP contribution in [0.15, 0.2) is 24.3 Å². The number of carbonyl (C=O) groups excluding carboxylic acids is 1. The number of carbonyl (C=O) groups is 2. The van der Waals surface area contributed by atoms with Crippen LogP contribution < -0.4 is 5.32 Å². The van der Waals surface area contributed by atoms with Crippen molar-refractivity contribution in [3.8, 4) is 0 Å². The van der Waals surface area contributed by atoms with Gasteiger partial charge in [0.15, 0.2) is 0 Å². The van der Waals surface area contributed by atoms with Gasteiger partial charge >= 0.3 is 5.97 Å². The van der Waals surface area contributed by atoms with E-state index in [9.17, 15) is 14.0 Å². The summed E-state index contributed by atoms with van der Waals surface area (Å²) in [6.45, 7) is 1.69. The lowest BCUT2D eigenvalue weighted by molar-refractivity contribution is -0.137. The molecule has 1 amide bonds. The molecule has 0 aliphatic heterocycles. The first-order chi connectivity index (χ1) is 8.50. The Balaban J connectivity index is 2.45. The summed E-state index contributed by atoms with van der Waals surface area (Å²) in [6, 6.07) is 5.80. The van der Waals surface area contributed by atoms with Crippen LogP contribution >= 0.6 is 0 Å². The average Bonchev–Trinajstić information content (AvgIpc) is 2.28. The number of benzene rings is 1. The number of nitrogens with one attached hydrogen (secondary N) is 1.